The lowest BCUT2D eigenvalue weighted by Crippen LogP contribution is -2.68. The van der Waals surface area contributed by atoms with Gasteiger partial charge in [-0.15, -0.1) is 0 Å². The third-order valence-corrected chi connectivity index (χ3v) is 22.7. The Bertz CT molecular complexity index is 2430. The topological polar surface area (TPSA) is 430 Å². The van der Waals surface area contributed by atoms with Crippen LogP contribution in [0, 0.1) is 50.2 Å². The molecule has 5 aliphatic carbocycles. The number of allylic oxidation sites excluding steroid dienone is 2. The van der Waals surface area contributed by atoms with Gasteiger partial charge in [-0.1, -0.05) is 60.1 Å². The van der Waals surface area contributed by atoms with E-state index in [0.29, 0.717) is 32.1 Å². The minimum absolute atomic E-state index is 0.0487. The number of carbonyl (C=O) groups excluding carboxylic acids is 1. The van der Waals surface area contributed by atoms with Crippen molar-refractivity contribution in [1.29, 1.82) is 0 Å². The van der Waals surface area contributed by atoms with Gasteiger partial charge in [0.05, 0.1) is 38.1 Å². The zero-order valence-corrected chi connectivity index (χ0v) is 49.3. The van der Waals surface area contributed by atoms with Crippen LogP contribution in [0.3, 0.4) is 0 Å². The van der Waals surface area contributed by atoms with Gasteiger partial charge in [0.1, 0.15) is 97.0 Å². The van der Waals surface area contributed by atoms with Crippen LogP contribution in [0.15, 0.2) is 11.6 Å². The molecule has 0 bridgehead atoms. The van der Waals surface area contributed by atoms with Gasteiger partial charge in [-0.2, -0.15) is 0 Å². The molecule has 486 valence electrons. The summed E-state index contributed by atoms with van der Waals surface area (Å²) in [5.74, 6) is -2.78. The number of aliphatic hydroxyl groups excluding tert-OH is 14. The second kappa shape index (κ2) is 23.8. The van der Waals surface area contributed by atoms with E-state index in [-0.39, 0.29) is 35.5 Å². The van der Waals surface area contributed by atoms with Gasteiger partial charge in [0, 0.05) is 0 Å². The highest BCUT2D eigenvalue weighted by molar-refractivity contribution is 5.80. The van der Waals surface area contributed by atoms with Gasteiger partial charge in [0.15, 0.2) is 37.4 Å². The lowest BCUT2D eigenvalue weighted by molar-refractivity contribution is -0.392. The number of aliphatic carboxylic acids is 1. The quantitative estimate of drug-likeness (QED) is 0.0532. The molecule has 0 spiro atoms. The van der Waals surface area contributed by atoms with Gasteiger partial charge < -0.3 is 124 Å². The van der Waals surface area contributed by atoms with Gasteiger partial charge in [-0.25, -0.2) is 4.79 Å². The van der Waals surface area contributed by atoms with Gasteiger partial charge >= 0.3 is 11.9 Å². The van der Waals surface area contributed by atoms with Crippen molar-refractivity contribution in [2.24, 2.45) is 50.2 Å². The number of hydrogen-bond acceptors (Lipinski definition) is 26. The Labute approximate surface area is 492 Å². The van der Waals surface area contributed by atoms with E-state index < -0.39 is 213 Å². The Hall–Kier alpha value is -2.24. The van der Waals surface area contributed by atoms with E-state index in [1.54, 1.807) is 0 Å². The van der Waals surface area contributed by atoms with Crippen molar-refractivity contribution in [2.45, 2.75) is 267 Å². The lowest BCUT2D eigenvalue weighted by atomic mass is 9.33. The maximum atomic E-state index is 15.6. The normalized spacial score (nSPS) is 54.1. The van der Waals surface area contributed by atoms with E-state index in [4.69, 9.17) is 47.4 Å². The van der Waals surface area contributed by atoms with Crippen LogP contribution >= 0.6 is 0 Å². The van der Waals surface area contributed by atoms with E-state index >= 15 is 4.79 Å². The summed E-state index contributed by atoms with van der Waals surface area (Å²) in [7, 11) is 0. The molecule has 0 aromatic heterocycles. The van der Waals surface area contributed by atoms with Crippen molar-refractivity contribution in [3.05, 3.63) is 11.6 Å². The van der Waals surface area contributed by atoms with Crippen molar-refractivity contribution in [3.8, 4) is 0 Å². The summed E-state index contributed by atoms with van der Waals surface area (Å²) >= 11 is 0. The zero-order valence-electron chi connectivity index (χ0n) is 49.3. The first-order chi connectivity index (χ1) is 39.7. The number of fused-ring (bicyclic) bond motifs is 7. The van der Waals surface area contributed by atoms with Crippen molar-refractivity contribution < 1.29 is 134 Å². The largest absolute Gasteiger partial charge is 0.479 e. The summed E-state index contributed by atoms with van der Waals surface area (Å²) < 4.78 is 59.9. The summed E-state index contributed by atoms with van der Waals surface area (Å²) in [5.41, 5.74) is -2.75. The molecule has 5 saturated heterocycles. The molecule has 5 heterocycles. The Morgan fingerprint density at radius 1 is 0.576 bits per heavy atom. The van der Waals surface area contributed by atoms with Crippen molar-refractivity contribution >= 4 is 11.9 Å². The molecular weight excluding hydrogens is 1130 g/mol. The van der Waals surface area contributed by atoms with Crippen LogP contribution in [0.2, 0.25) is 0 Å². The average Bonchev–Trinajstić information content (AvgIpc) is 0.734. The first kappa shape index (κ1) is 65.7. The summed E-state index contributed by atoms with van der Waals surface area (Å²) in [6.45, 7) is 14.8. The Morgan fingerprint density at radius 3 is 1.82 bits per heavy atom. The first-order valence-corrected chi connectivity index (χ1v) is 30.1. The molecule has 15 N–H and O–H groups in total. The maximum Gasteiger partial charge on any atom is 0.335 e. The van der Waals surface area contributed by atoms with Crippen LogP contribution in [-0.4, -0.2) is 262 Å². The molecule has 27 nitrogen and oxygen atoms in total. The van der Waals surface area contributed by atoms with Crippen LogP contribution in [0.25, 0.3) is 0 Å². The molecule has 0 amide bonds. The number of carbonyl (C=O) groups is 2. The number of hydrogen-bond donors (Lipinski definition) is 15. The van der Waals surface area contributed by atoms with Gasteiger partial charge in [0.25, 0.3) is 0 Å². The molecule has 85 heavy (non-hydrogen) atoms. The smallest absolute Gasteiger partial charge is 0.335 e. The second-order valence-electron chi connectivity index (χ2n) is 28.3. The SMILES string of the molecule is C[C@@H]1O[C@@H](O[C@H]2[C@H](OC(=O)[C@]34CCC(C)(C)C[C@H]3C3=CC[C@@H]5[C@@]6(C)CC[C@H](O[C@@H]7O[C@H](C(=O)O)[C@@H](O)[C@H](O)[C@H]7O)C(C)(C)[C@@H]6CC[C@@]5(C)[C@]3(C)C[C@H]4O)OC[C@H](O)[C@@H]2O)[C@H](O)[C@H](O[C@@H]2O[C@H](CO)[C@@H](O)[C@H](O)[C@H]2O)[C@H]1O[C@@H]1OC[C@@H](O)[C@H](O)[C@H]1O. The summed E-state index contributed by atoms with van der Waals surface area (Å²) in [6, 6.07) is 0. The number of carboxylic acids is 1. The molecular formula is C58H92O27. The summed E-state index contributed by atoms with van der Waals surface area (Å²) in [5, 5.41) is 163. The average molecular weight is 1220 g/mol. The summed E-state index contributed by atoms with van der Waals surface area (Å²) in [6.07, 6.45) is -35.0. The van der Waals surface area contributed by atoms with Crippen LogP contribution < -0.4 is 0 Å². The Morgan fingerprint density at radius 2 is 1.16 bits per heavy atom. The van der Waals surface area contributed by atoms with Crippen LogP contribution in [-0.2, 0) is 57.0 Å². The highest BCUT2D eigenvalue weighted by atomic mass is 16.8. The monoisotopic (exact) mass is 1220 g/mol. The molecule has 27 heteroatoms. The highest BCUT2D eigenvalue weighted by Gasteiger charge is 2.72. The van der Waals surface area contributed by atoms with Crippen molar-refractivity contribution in [2.75, 3.05) is 19.8 Å². The van der Waals surface area contributed by atoms with Crippen LogP contribution in [0.1, 0.15) is 113 Å². The number of esters is 1. The molecule has 0 aromatic rings. The van der Waals surface area contributed by atoms with Gasteiger partial charge in [0.2, 0.25) is 6.29 Å². The molecule has 9 fully saturated rings. The van der Waals surface area contributed by atoms with E-state index in [9.17, 15) is 81.4 Å². The predicted octanol–water partition coefficient (Wildman–Crippen LogP) is -2.84. The van der Waals surface area contributed by atoms with E-state index in [0.717, 1.165) is 18.4 Å². The lowest BCUT2D eigenvalue weighted by Gasteiger charge is -2.71. The van der Waals surface area contributed by atoms with Crippen LogP contribution in [0.5, 0.6) is 0 Å². The zero-order chi connectivity index (χ0) is 62.2. The summed E-state index contributed by atoms with van der Waals surface area (Å²) in [4.78, 5) is 27.5. The van der Waals surface area contributed by atoms with Crippen LogP contribution in [0.4, 0.5) is 0 Å². The standard InChI is InChI=1S/C58H92O27/c1-22-42(81-47-38(69)32(63)25(60)20-76-47)43(82-48-39(70)35(66)34(65)27(19-59)79-48)41(72)50(78-22)84-45-33(64)26(61)21-77-51(45)85-52(75)58-16-15-53(2,3)17-24(58)23-9-10-29-55(6)13-12-31(80-49-40(71)36(67)37(68)44(83-49)46(73)74)54(4,5)28(55)11-14-56(29,7)57(23,8)18-30(58)62/h9,22,24-45,47-51,59-72H,10-21H2,1-8H3,(H,73,74)/t22-,24-,25+,26-,27+,28-,29+,30+,31-,32-,33-,34+,35-,36-,37-,38+,39+,40+,41+,42-,43-,44-,45+,47-,48-,49+,50-,51-,55-,56+,57+,58+/m0/s1. The van der Waals surface area contributed by atoms with Crippen molar-refractivity contribution in [3.63, 3.8) is 0 Å². The molecule has 0 radical (unpaired) electrons. The molecule has 5 aliphatic heterocycles. The van der Waals surface area contributed by atoms with E-state index in [1.807, 2.05) is 0 Å². The second-order valence-corrected chi connectivity index (χ2v) is 28.3. The van der Waals surface area contributed by atoms with E-state index in [2.05, 4.69) is 54.5 Å². The number of carboxylic acid groups (broad SMARTS) is 1. The number of aliphatic hydroxyl groups is 14. The van der Waals surface area contributed by atoms with E-state index in [1.165, 1.54) is 6.92 Å². The highest BCUT2D eigenvalue weighted by Crippen LogP contribution is 2.76. The molecule has 4 saturated carbocycles. The maximum absolute atomic E-state index is 15.6. The fourth-order valence-corrected chi connectivity index (χ4v) is 17.5. The fourth-order valence-electron chi connectivity index (χ4n) is 17.5. The third-order valence-electron chi connectivity index (χ3n) is 22.7. The van der Waals surface area contributed by atoms with Gasteiger partial charge in [-0.3, -0.25) is 4.79 Å². The molecule has 0 unspecified atom stereocenters. The third kappa shape index (κ3) is 10.9. The fraction of sp³-hybridized carbons (Fsp3) is 0.931. The molecule has 32 atom stereocenters. The molecule has 10 aliphatic rings. The Balaban J connectivity index is 0.903. The number of ether oxygens (including phenoxy) is 10. The minimum Gasteiger partial charge on any atom is -0.479 e. The predicted molar refractivity (Wildman–Crippen MR) is 284 cm³/mol. The molecule has 0 aromatic carbocycles. The van der Waals surface area contributed by atoms with Crippen molar-refractivity contribution in [1.82, 2.24) is 0 Å². The minimum atomic E-state index is -2.06. The first-order valence-electron chi connectivity index (χ1n) is 30.1. The number of rotatable bonds is 12. The molecule has 10 rings (SSSR count). The Kier molecular flexibility index (Phi) is 18.4. The van der Waals surface area contributed by atoms with Gasteiger partial charge in [-0.05, 0) is 110 Å².